The standard InChI is InChI=1S/C16H25N/c1-12-8-7-9-14(13(12)2)15(17)16(3)10-5-4-6-11-16/h7-9,15H,4-6,10-11,17H2,1-3H3. The Morgan fingerprint density at radius 2 is 1.76 bits per heavy atom. The van der Waals surface area contributed by atoms with Crippen LogP contribution in [0.4, 0.5) is 0 Å². The van der Waals surface area contributed by atoms with E-state index in [0.717, 1.165) is 0 Å². The molecule has 0 saturated heterocycles. The molecule has 1 fully saturated rings. The van der Waals surface area contributed by atoms with E-state index in [9.17, 15) is 0 Å². The molecule has 0 radical (unpaired) electrons. The summed E-state index contributed by atoms with van der Waals surface area (Å²) in [6, 6.07) is 6.73. The van der Waals surface area contributed by atoms with Gasteiger partial charge in [-0.1, -0.05) is 44.4 Å². The second-order valence-corrected chi connectivity index (χ2v) is 5.98. The van der Waals surface area contributed by atoms with Crippen LogP contribution < -0.4 is 5.73 Å². The molecule has 0 amide bonds. The Hall–Kier alpha value is -0.820. The zero-order valence-corrected chi connectivity index (χ0v) is 11.4. The van der Waals surface area contributed by atoms with Crippen molar-refractivity contribution in [3.63, 3.8) is 0 Å². The van der Waals surface area contributed by atoms with E-state index in [1.807, 2.05) is 0 Å². The summed E-state index contributed by atoms with van der Waals surface area (Å²) in [5, 5.41) is 0. The van der Waals surface area contributed by atoms with Crippen molar-refractivity contribution in [1.29, 1.82) is 0 Å². The molecule has 1 nitrogen and oxygen atoms in total. The fourth-order valence-corrected chi connectivity index (χ4v) is 3.16. The molecule has 94 valence electrons. The van der Waals surface area contributed by atoms with Crippen LogP contribution in [-0.2, 0) is 0 Å². The van der Waals surface area contributed by atoms with Crippen molar-refractivity contribution in [2.75, 3.05) is 0 Å². The maximum absolute atomic E-state index is 6.57. The molecule has 1 aromatic rings. The minimum Gasteiger partial charge on any atom is -0.323 e. The van der Waals surface area contributed by atoms with Crippen molar-refractivity contribution >= 4 is 0 Å². The van der Waals surface area contributed by atoms with Gasteiger partial charge in [-0.15, -0.1) is 0 Å². The van der Waals surface area contributed by atoms with Gasteiger partial charge in [-0.3, -0.25) is 0 Å². The van der Waals surface area contributed by atoms with Crippen molar-refractivity contribution in [3.8, 4) is 0 Å². The molecule has 1 heteroatoms. The minimum atomic E-state index is 0.197. The maximum atomic E-state index is 6.57. The molecule has 0 heterocycles. The smallest absolute Gasteiger partial charge is 0.0352 e. The topological polar surface area (TPSA) is 26.0 Å². The molecule has 0 spiro atoms. The monoisotopic (exact) mass is 231 g/mol. The van der Waals surface area contributed by atoms with Crippen LogP contribution in [0.1, 0.15) is 61.8 Å². The highest BCUT2D eigenvalue weighted by atomic mass is 14.7. The van der Waals surface area contributed by atoms with Gasteiger partial charge < -0.3 is 5.73 Å². The first-order chi connectivity index (χ1) is 8.04. The molecule has 1 aromatic carbocycles. The van der Waals surface area contributed by atoms with Crippen LogP contribution in [0, 0.1) is 19.3 Å². The summed E-state index contributed by atoms with van der Waals surface area (Å²) in [6.07, 6.45) is 6.63. The van der Waals surface area contributed by atoms with Gasteiger partial charge in [0.15, 0.2) is 0 Å². The molecule has 0 bridgehead atoms. The Kier molecular flexibility index (Phi) is 3.58. The lowest BCUT2D eigenvalue weighted by Crippen LogP contribution is -2.34. The van der Waals surface area contributed by atoms with E-state index >= 15 is 0 Å². The van der Waals surface area contributed by atoms with Gasteiger partial charge in [-0.25, -0.2) is 0 Å². The Balaban J connectivity index is 2.29. The molecular weight excluding hydrogens is 206 g/mol. The van der Waals surface area contributed by atoms with Crippen LogP contribution in [0.3, 0.4) is 0 Å². The van der Waals surface area contributed by atoms with Crippen LogP contribution in [0.15, 0.2) is 18.2 Å². The van der Waals surface area contributed by atoms with Gasteiger partial charge in [0.1, 0.15) is 0 Å². The second kappa shape index (κ2) is 4.81. The lowest BCUT2D eigenvalue weighted by molar-refractivity contribution is 0.170. The third-order valence-electron chi connectivity index (χ3n) is 4.73. The van der Waals surface area contributed by atoms with Crippen molar-refractivity contribution in [1.82, 2.24) is 0 Å². The van der Waals surface area contributed by atoms with Gasteiger partial charge in [-0.05, 0) is 48.8 Å². The van der Waals surface area contributed by atoms with Gasteiger partial charge in [0.05, 0.1) is 0 Å². The predicted molar refractivity (Wildman–Crippen MR) is 74.0 cm³/mol. The fourth-order valence-electron chi connectivity index (χ4n) is 3.16. The molecule has 1 aliphatic carbocycles. The van der Waals surface area contributed by atoms with E-state index in [4.69, 9.17) is 5.73 Å². The van der Waals surface area contributed by atoms with Crippen LogP contribution >= 0.6 is 0 Å². The van der Waals surface area contributed by atoms with Gasteiger partial charge in [0.2, 0.25) is 0 Å². The van der Waals surface area contributed by atoms with E-state index in [2.05, 4.69) is 39.0 Å². The van der Waals surface area contributed by atoms with Crippen molar-refractivity contribution < 1.29 is 0 Å². The number of aryl methyl sites for hydroxylation is 1. The summed E-state index contributed by atoms with van der Waals surface area (Å²) in [6.45, 7) is 6.75. The highest BCUT2D eigenvalue weighted by Crippen LogP contribution is 2.45. The van der Waals surface area contributed by atoms with Gasteiger partial charge in [0, 0.05) is 6.04 Å². The van der Waals surface area contributed by atoms with Crippen LogP contribution in [0.5, 0.6) is 0 Å². The molecular formula is C16H25N. The first kappa shape index (κ1) is 12.6. The summed E-state index contributed by atoms with van der Waals surface area (Å²) in [5.41, 5.74) is 11.0. The Morgan fingerprint density at radius 1 is 1.12 bits per heavy atom. The number of nitrogens with two attached hydrogens (primary N) is 1. The third-order valence-corrected chi connectivity index (χ3v) is 4.73. The first-order valence-electron chi connectivity index (χ1n) is 6.86. The predicted octanol–water partition coefficient (Wildman–Crippen LogP) is 4.27. The number of hydrogen-bond acceptors (Lipinski definition) is 1. The lowest BCUT2D eigenvalue weighted by Gasteiger charge is -2.39. The van der Waals surface area contributed by atoms with Crippen LogP contribution in [0.25, 0.3) is 0 Å². The average molecular weight is 231 g/mol. The summed E-state index contributed by atoms with van der Waals surface area (Å²) < 4.78 is 0. The largest absolute Gasteiger partial charge is 0.323 e. The zero-order chi connectivity index (χ0) is 12.5. The van der Waals surface area contributed by atoms with E-state index in [1.54, 1.807) is 0 Å². The third kappa shape index (κ3) is 2.40. The van der Waals surface area contributed by atoms with E-state index in [1.165, 1.54) is 48.8 Å². The average Bonchev–Trinajstić information content (AvgIpc) is 2.33. The summed E-state index contributed by atoms with van der Waals surface area (Å²) in [7, 11) is 0. The fraction of sp³-hybridized carbons (Fsp3) is 0.625. The van der Waals surface area contributed by atoms with Gasteiger partial charge in [-0.2, -0.15) is 0 Å². The number of rotatable bonds is 2. The number of hydrogen-bond donors (Lipinski definition) is 1. The molecule has 2 N–H and O–H groups in total. The van der Waals surface area contributed by atoms with Crippen LogP contribution in [0.2, 0.25) is 0 Å². The van der Waals surface area contributed by atoms with E-state index < -0.39 is 0 Å². The maximum Gasteiger partial charge on any atom is 0.0352 e. The highest BCUT2D eigenvalue weighted by Gasteiger charge is 2.34. The van der Waals surface area contributed by atoms with Crippen LogP contribution in [-0.4, -0.2) is 0 Å². The summed E-state index contributed by atoms with van der Waals surface area (Å²) in [4.78, 5) is 0. The molecule has 1 unspecified atom stereocenters. The quantitative estimate of drug-likeness (QED) is 0.808. The molecule has 1 atom stereocenters. The number of benzene rings is 1. The molecule has 0 aliphatic heterocycles. The molecule has 1 aliphatic rings. The molecule has 0 aromatic heterocycles. The first-order valence-corrected chi connectivity index (χ1v) is 6.86. The molecule has 17 heavy (non-hydrogen) atoms. The summed E-state index contributed by atoms with van der Waals surface area (Å²) in [5.74, 6) is 0. The summed E-state index contributed by atoms with van der Waals surface area (Å²) >= 11 is 0. The Labute approximate surface area is 105 Å². The van der Waals surface area contributed by atoms with E-state index in [0.29, 0.717) is 5.41 Å². The van der Waals surface area contributed by atoms with Gasteiger partial charge >= 0.3 is 0 Å². The lowest BCUT2D eigenvalue weighted by atomic mass is 9.68. The molecule has 2 rings (SSSR count). The Bertz CT molecular complexity index is 389. The van der Waals surface area contributed by atoms with Gasteiger partial charge in [0.25, 0.3) is 0 Å². The Morgan fingerprint density at radius 3 is 2.41 bits per heavy atom. The normalized spacial score (nSPS) is 21.2. The molecule has 1 saturated carbocycles. The zero-order valence-electron chi connectivity index (χ0n) is 11.4. The van der Waals surface area contributed by atoms with Crippen molar-refractivity contribution in [2.24, 2.45) is 11.1 Å². The second-order valence-electron chi connectivity index (χ2n) is 5.98. The van der Waals surface area contributed by atoms with Crippen molar-refractivity contribution in [2.45, 2.75) is 58.9 Å². The van der Waals surface area contributed by atoms with Crippen molar-refractivity contribution in [3.05, 3.63) is 34.9 Å². The SMILES string of the molecule is Cc1cccc(C(N)C2(C)CCCCC2)c1C. The highest BCUT2D eigenvalue weighted by molar-refractivity contribution is 5.36. The van der Waals surface area contributed by atoms with E-state index in [-0.39, 0.29) is 6.04 Å². The minimum absolute atomic E-state index is 0.197.